The fourth-order valence-electron chi connectivity index (χ4n) is 6.58. The van der Waals surface area contributed by atoms with Crippen LogP contribution >= 0.6 is 0 Å². The van der Waals surface area contributed by atoms with Gasteiger partial charge in [0.05, 0.1) is 11.7 Å². The van der Waals surface area contributed by atoms with E-state index in [-0.39, 0.29) is 29.7 Å². The third kappa shape index (κ3) is 3.40. The topological polar surface area (TPSA) is 187 Å². The summed E-state index contributed by atoms with van der Waals surface area (Å²) in [6, 6.07) is 9.28. The number of Topliss-reactive ketones (excluding diaryl/α,β-unsaturated/α-hetero) is 2. The zero-order chi connectivity index (χ0) is 27.0. The zero-order valence-corrected chi connectivity index (χ0v) is 20.4. The molecule has 194 valence electrons. The van der Waals surface area contributed by atoms with Crippen LogP contribution in [-0.4, -0.2) is 74.6 Å². The molecule has 2 saturated carbocycles. The summed E-state index contributed by atoms with van der Waals surface area (Å²) < 4.78 is 0. The van der Waals surface area contributed by atoms with E-state index in [9.17, 15) is 34.8 Å². The Morgan fingerprint density at radius 2 is 1.84 bits per heavy atom. The van der Waals surface area contributed by atoms with E-state index >= 15 is 0 Å². The van der Waals surface area contributed by atoms with Gasteiger partial charge in [-0.2, -0.15) is 0 Å². The van der Waals surface area contributed by atoms with E-state index in [1.165, 1.54) is 6.07 Å². The van der Waals surface area contributed by atoms with Gasteiger partial charge in [0, 0.05) is 23.2 Å². The molecule has 10 nitrogen and oxygen atoms in total. The number of phenolic OH excluding ortho intramolecular Hbond substituents is 1. The highest BCUT2D eigenvalue weighted by Gasteiger charge is 2.67. The SMILES string of the molecule is CN(C)[C@H]1C(O)C(C(N)=O)C(=O)[C@@]2(O)C(=O)C3=C(O)c4c(O)ccc(-c5cccc(N)c5)c4C[C@H]3C[C@@H]12. The second-order valence-electron chi connectivity index (χ2n) is 10.4. The van der Waals surface area contributed by atoms with Crippen molar-refractivity contribution in [1.29, 1.82) is 0 Å². The minimum atomic E-state index is -2.67. The first-order chi connectivity index (χ1) is 17.4. The Morgan fingerprint density at radius 1 is 1.14 bits per heavy atom. The minimum Gasteiger partial charge on any atom is -0.507 e. The zero-order valence-electron chi connectivity index (χ0n) is 20.4. The minimum absolute atomic E-state index is 0.0421. The van der Waals surface area contributed by atoms with Gasteiger partial charge in [0.25, 0.3) is 0 Å². The molecule has 3 aliphatic rings. The summed E-state index contributed by atoms with van der Waals surface area (Å²) in [7, 11) is 3.23. The van der Waals surface area contributed by atoms with E-state index in [2.05, 4.69) is 0 Å². The fraction of sp³-hybridized carbons (Fsp3) is 0.370. The molecule has 3 aliphatic carbocycles. The lowest BCUT2D eigenvalue weighted by Gasteiger charge is -2.53. The van der Waals surface area contributed by atoms with Gasteiger partial charge in [-0.1, -0.05) is 18.2 Å². The Morgan fingerprint density at radius 3 is 2.46 bits per heavy atom. The van der Waals surface area contributed by atoms with Crippen molar-refractivity contribution in [1.82, 2.24) is 4.90 Å². The first-order valence-electron chi connectivity index (χ1n) is 12.0. The largest absolute Gasteiger partial charge is 0.507 e. The van der Waals surface area contributed by atoms with Gasteiger partial charge in [-0.3, -0.25) is 14.4 Å². The molecule has 0 aliphatic heterocycles. The molecule has 5 rings (SSSR count). The summed E-state index contributed by atoms with van der Waals surface area (Å²) in [6.07, 6.45) is -1.25. The highest BCUT2D eigenvalue weighted by atomic mass is 16.3. The van der Waals surface area contributed by atoms with Crippen molar-refractivity contribution in [2.75, 3.05) is 19.8 Å². The third-order valence-electron chi connectivity index (χ3n) is 8.17. The van der Waals surface area contributed by atoms with Crippen LogP contribution in [-0.2, 0) is 20.8 Å². The maximum absolute atomic E-state index is 13.9. The average Bonchev–Trinajstić information content (AvgIpc) is 2.81. The van der Waals surface area contributed by atoms with Crippen molar-refractivity contribution in [3.05, 3.63) is 53.1 Å². The number of carbonyl (C=O) groups excluding carboxylic acids is 3. The summed E-state index contributed by atoms with van der Waals surface area (Å²) in [5.41, 5.74) is 11.1. The highest BCUT2D eigenvalue weighted by Crippen LogP contribution is 2.53. The molecule has 6 atom stereocenters. The molecule has 1 amide bonds. The van der Waals surface area contributed by atoms with E-state index in [1.54, 1.807) is 43.3 Å². The monoisotopic (exact) mass is 507 g/mol. The summed E-state index contributed by atoms with van der Waals surface area (Å²) in [6.45, 7) is 0. The number of aliphatic hydroxyl groups is 3. The van der Waals surface area contributed by atoms with Crippen LogP contribution in [0.3, 0.4) is 0 Å². The summed E-state index contributed by atoms with van der Waals surface area (Å²) in [5.74, 6) is -7.65. The number of hydrogen-bond acceptors (Lipinski definition) is 9. The normalized spacial score (nSPS) is 31.1. The molecule has 2 aromatic carbocycles. The third-order valence-corrected chi connectivity index (χ3v) is 8.17. The Bertz CT molecular complexity index is 1380. The van der Waals surface area contributed by atoms with Gasteiger partial charge in [0.2, 0.25) is 11.7 Å². The van der Waals surface area contributed by atoms with Gasteiger partial charge < -0.3 is 36.8 Å². The molecular weight excluding hydrogens is 478 g/mol. The molecule has 0 aromatic heterocycles. The van der Waals surface area contributed by atoms with Crippen LogP contribution in [0, 0.1) is 17.8 Å². The number of amides is 1. The number of carbonyl (C=O) groups is 3. The molecule has 0 bridgehead atoms. The van der Waals surface area contributed by atoms with Gasteiger partial charge in [-0.15, -0.1) is 0 Å². The van der Waals surface area contributed by atoms with Crippen molar-refractivity contribution >= 4 is 28.9 Å². The van der Waals surface area contributed by atoms with Gasteiger partial charge in [-0.05, 0) is 67.7 Å². The molecule has 2 aromatic rings. The quantitative estimate of drug-likeness (QED) is 0.252. The van der Waals surface area contributed by atoms with Crippen LogP contribution in [0.1, 0.15) is 17.5 Å². The van der Waals surface area contributed by atoms with Crippen LogP contribution < -0.4 is 11.5 Å². The molecular formula is C27H29N3O7. The lowest BCUT2D eigenvalue weighted by molar-refractivity contribution is -0.184. The Hall–Kier alpha value is -3.73. The predicted octanol–water partition coefficient (Wildman–Crippen LogP) is 0.378. The van der Waals surface area contributed by atoms with Crippen molar-refractivity contribution in [3.63, 3.8) is 0 Å². The van der Waals surface area contributed by atoms with Crippen molar-refractivity contribution < 1.29 is 34.8 Å². The van der Waals surface area contributed by atoms with E-state index < -0.39 is 58.7 Å². The molecule has 8 N–H and O–H groups in total. The van der Waals surface area contributed by atoms with Crippen LogP contribution in [0.15, 0.2) is 42.0 Å². The number of anilines is 1. The molecule has 0 saturated heterocycles. The Labute approximate surface area is 212 Å². The molecule has 0 radical (unpaired) electrons. The van der Waals surface area contributed by atoms with Gasteiger partial charge >= 0.3 is 0 Å². The smallest absolute Gasteiger partial charge is 0.230 e. The average molecular weight is 508 g/mol. The second kappa shape index (κ2) is 8.41. The first-order valence-corrected chi connectivity index (χ1v) is 12.0. The highest BCUT2D eigenvalue weighted by molar-refractivity contribution is 6.25. The van der Waals surface area contributed by atoms with Gasteiger partial charge in [-0.25, -0.2) is 0 Å². The lowest BCUT2D eigenvalue weighted by Crippen LogP contribution is -2.73. The second-order valence-corrected chi connectivity index (χ2v) is 10.4. The number of nitrogens with zero attached hydrogens (tertiary/aromatic N) is 1. The van der Waals surface area contributed by atoms with Crippen LogP contribution in [0.4, 0.5) is 5.69 Å². The maximum Gasteiger partial charge on any atom is 0.230 e. The number of nitrogen functional groups attached to an aromatic ring is 1. The summed E-state index contributed by atoms with van der Waals surface area (Å²) >= 11 is 0. The first kappa shape index (κ1) is 24.9. The van der Waals surface area contributed by atoms with Crippen LogP contribution in [0.25, 0.3) is 16.9 Å². The molecule has 0 spiro atoms. The van der Waals surface area contributed by atoms with E-state index in [1.807, 2.05) is 6.07 Å². The molecule has 0 heterocycles. The van der Waals surface area contributed by atoms with E-state index in [0.29, 0.717) is 16.8 Å². The number of likely N-dealkylation sites (N-methyl/N-ethyl adjacent to an activating group) is 1. The fourth-order valence-corrected chi connectivity index (χ4v) is 6.58. The van der Waals surface area contributed by atoms with Crippen LogP contribution in [0.5, 0.6) is 5.75 Å². The molecule has 2 fully saturated rings. The number of hydrogen-bond donors (Lipinski definition) is 6. The summed E-state index contributed by atoms with van der Waals surface area (Å²) in [4.78, 5) is 40.9. The standard InChI is InChI=1S/C27H29N3O7/c1-30(2)21-16-10-12-9-15-14(11-4-3-5-13(28)8-11)6-7-17(31)19(15)22(32)18(12)24(34)27(16,37)25(35)20(23(21)33)26(29)36/h3-8,12,16,20-21,23,31-33,37H,9-10,28H2,1-2H3,(H2,29,36)/t12-,16-,20?,21+,23?,27-/m0/s1. The van der Waals surface area contributed by atoms with Crippen LogP contribution in [0.2, 0.25) is 0 Å². The number of fused-ring (bicyclic) bond motifs is 3. The number of ketones is 2. The van der Waals surface area contributed by atoms with Crippen molar-refractivity contribution in [3.8, 4) is 16.9 Å². The predicted molar refractivity (Wildman–Crippen MR) is 134 cm³/mol. The lowest BCUT2D eigenvalue weighted by atomic mass is 9.54. The van der Waals surface area contributed by atoms with Gasteiger partial charge in [0.15, 0.2) is 11.4 Å². The number of primary amides is 1. The molecule has 37 heavy (non-hydrogen) atoms. The Kier molecular flexibility index (Phi) is 5.67. The maximum atomic E-state index is 13.9. The van der Waals surface area contributed by atoms with Crippen molar-refractivity contribution in [2.24, 2.45) is 23.5 Å². The number of benzene rings is 2. The number of nitrogens with two attached hydrogens (primary N) is 2. The summed E-state index contributed by atoms with van der Waals surface area (Å²) in [5, 5.41) is 44.6. The molecule has 10 heteroatoms. The molecule has 2 unspecified atom stereocenters. The number of aromatic hydroxyl groups is 1. The van der Waals surface area contributed by atoms with Gasteiger partial charge in [0.1, 0.15) is 17.4 Å². The van der Waals surface area contributed by atoms with Crippen molar-refractivity contribution in [2.45, 2.75) is 30.6 Å². The Balaban J connectivity index is 1.71. The number of aliphatic hydroxyl groups excluding tert-OH is 2. The number of phenols is 1. The van der Waals surface area contributed by atoms with E-state index in [4.69, 9.17) is 11.5 Å². The number of rotatable bonds is 3. The van der Waals surface area contributed by atoms with E-state index in [0.717, 1.165) is 5.56 Å².